The molecule has 1 amide bonds. The molecule has 3 fully saturated rings. The summed E-state index contributed by atoms with van der Waals surface area (Å²) in [7, 11) is 0. The molecule has 0 spiro atoms. The fraction of sp³-hybridized carbons (Fsp3) is 0.480. The van der Waals surface area contributed by atoms with E-state index in [2.05, 4.69) is 28.2 Å². The van der Waals surface area contributed by atoms with Crippen molar-refractivity contribution in [2.24, 2.45) is 5.92 Å². The van der Waals surface area contributed by atoms with Crippen LogP contribution in [0.1, 0.15) is 43.7 Å². The van der Waals surface area contributed by atoms with Crippen molar-refractivity contribution < 1.29 is 9.18 Å². The molecule has 1 N–H and O–H groups in total. The second-order valence-electron chi connectivity index (χ2n) is 9.54. The molecule has 2 aromatic rings. The number of hydrogen-bond acceptors (Lipinski definition) is 5. The Kier molecular flexibility index (Phi) is 5.75. The fourth-order valence-electron chi connectivity index (χ4n) is 5.45. The van der Waals surface area contributed by atoms with E-state index >= 15 is 0 Å². The first-order chi connectivity index (χ1) is 15.9. The molecule has 3 atom stereocenters. The molecule has 1 saturated carbocycles. The van der Waals surface area contributed by atoms with Gasteiger partial charge in [0, 0.05) is 43.8 Å². The van der Waals surface area contributed by atoms with E-state index in [1.807, 2.05) is 11.0 Å². The van der Waals surface area contributed by atoms with Gasteiger partial charge in [0.15, 0.2) is 0 Å². The molecule has 8 heteroatoms. The van der Waals surface area contributed by atoms with E-state index in [-0.39, 0.29) is 28.6 Å². The Labute approximate surface area is 198 Å². The highest BCUT2D eigenvalue weighted by Crippen LogP contribution is 2.46. The third-order valence-corrected chi connectivity index (χ3v) is 7.70. The number of pyridine rings is 1. The number of piperazine rings is 1. The summed E-state index contributed by atoms with van der Waals surface area (Å²) in [6.45, 7) is 4.20. The topological polar surface area (TPSA) is 72.3 Å². The van der Waals surface area contributed by atoms with Crippen molar-refractivity contribution >= 4 is 23.3 Å². The minimum Gasteiger partial charge on any atom is -0.347 e. The lowest BCUT2D eigenvalue weighted by atomic mass is 10.0. The van der Waals surface area contributed by atoms with Crippen molar-refractivity contribution in [2.45, 2.75) is 50.2 Å². The number of nitrogens with one attached hydrogen (secondary N) is 1. The summed E-state index contributed by atoms with van der Waals surface area (Å²) in [5.41, 5.74) is 1.35. The third kappa shape index (κ3) is 4.18. The minimum absolute atomic E-state index is 0.135. The van der Waals surface area contributed by atoms with Gasteiger partial charge in [-0.05, 0) is 55.0 Å². The molecule has 2 bridgehead atoms. The summed E-state index contributed by atoms with van der Waals surface area (Å²) < 4.78 is 13.5. The molecule has 3 aliphatic rings. The van der Waals surface area contributed by atoms with Gasteiger partial charge >= 0.3 is 0 Å². The average molecular weight is 468 g/mol. The first-order valence-electron chi connectivity index (χ1n) is 11.5. The van der Waals surface area contributed by atoms with Crippen LogP contribution < -0.4 is 10.2 Å². The van der Waals surface area contributed by atoms with Gasteiger partial charge in [-0.1, -0.05) is 24.6 Å². The zero-order valence-corrected chi connectivity index (χ0v) is 19.4. The highest BCUT2D eigenvalue weighted by atomic mass is 35.5. The monoisotopic (exact) mass is 467 g/mol. The van der Waals surface area contributed by atoms with Gasteiger partial charge in [0.2, 0.25) is 5.91 Å². The molecule has 2 aliphatic heterocycles. The lowest BCUT2D eigenvalue weighted by Gasteiger charge is -2.42. The second kappa shape index (κ2) is 8.58. The zero-order valence-electron chi connectivity index (χ0n) is 18.6. The highest BCUT2D eigenvalue weighted by Gasteiger charge is 2.46. The normalized spacial score (nSPS) is 25.1. The fourth-order valence-corrected chi connectivity index (χ4v) is 5.63. The number of hydrogen-bond donors (Lipinski definition) is 1. The van der Waals surface area contributed by atoms with Crippen LogP contribution in [0, 0.1) is 23.1 Å². The number of aromatic nitrogens is 1. The maximum Gasteiger partial charge on any atom is 0.223 e. The maximum atomic E-state index is 13.5. The van der Waals surface area contributed by atoms with Gasteiger partial charge in [0.05, 0.1) is 16.6 Å². The van der Waals surface area contributed by atoms with Crippen LogP contribution in [-0.4, -0.2) is 47.5 Å². The second-order valence-corrected chi connectivity index (χ2v) is 9.95. The molecule has 0 radical (unpaired) electrons. The zero-order chi connectivity index (χ0) is 23.2. The largest absolute Gasteiger partial charge is 0.347 e. The molecule has 1 aromatic heterocycles. The number of fused-ring (bicyclic) bond motifs is 2. The quantitative estimate of drug-likeness (QED) is 0.698. The number of carbonyl (C=O) groups is 1. The van der Waals surface area contributed by atoms with Crippen molar-refractivity contribution in [3.8, 4) is 6.07 Å². The van der Waals surface area contributed by atoms with E-state index in [0.717, 1.165) is 30.6 Å². The van der Waals surface area contributed by atoms with E-state index in [1.54, 1.807) is 24.4 Å². The molecule has 33 heavy (non-hydrogen) atoms. The number of halogens is 2. The van der Waals surface area contributed by atoms with Crippen LogP contribution in [0.3, 0.4) is 0 Å². The van der Waals surface area contributed by atoms with Crippen molar-refractivity contribution in [3.05, 3.63) is 58.5 Å². The van der Waals surface area contributed by atoms with Crippen LogP contribution in [0.5, 0.6) is 0 Å². The van der Waals surface area contributed by atoms with Crippen LogP contribution in [-0.2, 0) is 10.3 Å². The molecular weight excluding hydrogens is 441 g/mol. The molecule has 1 aromatic carbocycles. The van der Waals surface area contributed by atoms with Crippen LogP contribution in [0.4, 0.5) is 10.2 Å². The Hall–Kier alpha value is -2.69. The lowest BCUT2D eigenvalue weighted by Crippen LogP contribution is -2.56. The van der Waals surface area contributed by atoms with E-state index in [4.69, 9.17) is 16.9 Å². The van der Waals surface area contributed by atoms with E-state index < -0.39 is 5.82 Å². The summed E-state index contributed by atoms with van der Waals surface area (Å²) in [4.78, 5) is 21.9. The number of nitriles is 1. The van der Waals surface area contributed by atoms with Gasteiger partial charge in [0.1, 0.15) is 17.7 Å². The Bertz CT molecular complexity index is 1100. The van der Waals surface area contributed by atoms with E-state index in [9.17, 15) is 9.18 Å². The summed E-state index contributed by atoms with van der Waals surface area (Å²) in [5, 5.41) is 12.7. The Balaban J connectivity index is 1.19. The van der Waals surface area contributed by atoms with Gasteiger partial charge in [-0.25, -0.2) is 9.37 Å². The van der Waals surface area contributed by atoms with Crippen molar-refractivity contribution in [1.82, 2.24) is 15.2 Å². The van der Waals surface area contributed by atoms with Crippen molar-refractivity contribution in [1.29, 1.82) is 5.26 Å². The highest BCUT2D eigenvalue weighted by molar-refractivity contribution is 6.30. The Morgan fingerprint density at radius 3 is 2.79 bits per heavy atom. The van der Waals surface area contributed by atoms with E-state index in [1.165, 1.54) is 6.07 Å². The number of carbonyl (C=O) groups excluding carboxylic acids is 1. The molecule has 172 valence electrons. The molecule has 1 aliphatic carbocycles. The Morgan fingerprint density at radius 1 is 1.33 bits per heavy atom. The summed E-state index contributed by atoms with van der Waals surface area (Å²) in [6.07, 6.45) is 5.00. The first kappa shape index (κ1) is 22.1. The lowest BCUT2D eigenvalue weighted by molar-refractivity contribution is -0.132. The van der Waals surface area contributed by atoms with Crippen LogP contribution in [0.2, 0.25) is 5.02 Å². The first-order valence-corrected chi connectivity index (χ1v) is 11.9. The minimum atomic E-state index is -0.411. The predicted molar refractivity (Wildman–Crippen MR) is 124 cm³/mol. The molecule has 3 heterocycles. The molecule has 5 rings (SSSR count). The van der Waals surface area contributed by atoms with Crippen LogP contribution in [0.15, 0.2) is 36.5 Å². The standard InChI is InChI=1S/C25H27ClFN5O/c1-16-10-19-14-31(15-22(16)32(19)23-5-2-17(12-28)13-29-23)24(33)6-9-30-25(7-8-25)18-3-4-21(27)20(26)11-18/h2-5,11,13,16,19,22,30H,6-10,14-15H2,1H3/t16-,19?,22?/m0/s1. The van der Waals surface area contributed by atoms with Gasteiger partial charge < -0.3 is 15.1 Å². The number of benzene rings is 1. The van der Waals surface area contributed by atoms with Crippen LogP contribution in [0.25, 0.3) is 0 Å². The molecule has 2 unspecified atom stereocenters. The number of rotatable bonds is 6. The van der Waals surface area contributed by atoms with Crippen molar-refractivity contribution in [3.63, 3.8) is 0 Å². The van der Waals surface area contributed by atoms with Gasteiger partial charge in [0.25, 0.3) is 0 Å². The number of amides is 1. The Morgan fingerprint density at radius 2 is 2.15 bits per heavy atom. The smallest absolute Gasteiger partial charge is 0.223 e. The summed E-state index contributed by atoms with van der Waals surface area (Å²) >= 11 is 5.96. The third-order valence-electron chi connectivity index (χ3n) is 7.41. The number of likely N-dealkylation sites (tertiary alicyclic amines) is 1. The van der Waals surface area contributed by atoms with Gasteiger partial charge in [-0.3, -0.25) is 4.79 Å². The van der Waals surface area contributed by atoms with Crippen molar-refractivity contribution in [2.75, 3.05) is 24.5 Å². The predicted octanol–water partition coefficient (Wildman–Crippen LogP) is 3.84. The average Bonchev–Trinajstić information content (AvgIpc) is 3.57. The van der Waals surface area contributed by atoms with Crippen LogP contribution >= 0.6 is 11.6 Å². The molecular formula is C25H27ClFN5O. The maximum absolute atomic E-state index is 13.5. The summed E-state index contributed by atoms with van der Waals surface area (Å²) in [5.74, 6) is 1.11. The number of anilines is 1. The SMILES string of the molecule is C[C@H]1CC2CN(C(=O)CCNC3(c4ccc(F)c(Cl)c4)CC3)CC1N2c1ccc(C#N)cn1. The number of nitrogens with zero attached hydrogens (tertiary/aromatic N) is 4. The molecule has 2 saturated heterocycles. The van der Waals surface area contributed by atoms with E-state index in [0.29, 0.717) is 37.5 Å². The molecule has 6 nitrogen and oxygen atoms in total. The van der Waals surface area contributed by atoms with Gasteiger partial charge in [-0.15, -0.1) is 0 Å². The van der Waals surface area contributed by atoms with Gasteiger partial charge in [-0.2, -0.15) is 5.26 Å². The summed E-state index contributed by atoms with van der Waals surface area (Å²) in [6, 6.07) is 11.2.